The van der Waals surface area contributed by atoms with Gasteiger partial charge in [-0.05, 0) is 77.0 Å². The normalized spacial score (nSPS) is 14.5. The Morgan fingerprint density at radius 1 is 0.538 bits per heavy atom. The van der Waals surface area contributed by atoms with Crippen molar-refractivity contribution in [3.8, 4) is 0 Å². The Labute approximate surface area is 402 Å². The molecule has 0 heterocycles. The first-order valence-corrected chi connectivity index (χ1v) is 28.6. The summed E-state index contributed by atoms with van der Waals surface area (Å²) in [5.41, 5.74) is 0. The maximum absolute atomic E-state index is 12.9. The summed E-state index contributed by atoms with van der Waals surface area (Å²) in [4.78, 5) is 25.4. The molecule has 8 nitrogen and oxygen atoms in total. The summed E-state index contributed by atoms with van der Waals surface area (Å²) >= 11 is 0. The van der Waals surface area contributed by atoms with Crippen LogP contribution < -0.4 is 10.2 Å². The van der Waals surface area contributed by atoms with Crippen molar-refractivity contribution in [1.82, 2.24) is 5.32 Å². The number of likely N-dealkylation sites (N-methyl/N-ethyl adjacent to an activating group) is 1. The summed E-state index contributed by atoms with van der Waals surface area (Å²) in [6.07, 6.45) is 62.9. The number of allylic oxidation sites excluding steroid dienone is 9. The number of aliphatic hydroxyl groups excluding tert-OH is 1. The van der Waals surface area contributed by atoms with Gasteiger partial charge < -0.3 is 28.8 Å². The predicted octanol–water partition coefficient (Wildman–Crippen LogP) is 15.5. The standard InChI is InChI=1S/C56H105N2O6P/c1-6-8-10-12-14-16-18-20-22-24-26-27-28-29-30-31-32-34-36-38-40-42-44-46-48-50-56(60)57-54(53-64-65(61,62)63-52-51-58(3,4)5)55(59)49-47-45-43-41-39-37-35-33-25-23-21-19-17-15-13-11-9-7-2/h18,20,24-26,33,39,41,47,49,54-55,59H,6-17,19,21-23,27-32,34-38,40,42-46,48,50-53H2,1-5H3,(H-,57,60,61,62)/b20-18-,26-24-,33-25+,41-39+,49-47+. The minimum atomic E-state index is -4.61. The Morgan fingerprint density at radius 3 is 1.34 bits per heavy atom. The van der Waals surface area contributed by atoms with Crippen LogP contribution in [0.4, 0.5) is 0 Å². The van der Waals surface area contributed by atoms with Crippen LogP contribution in [0.2, 0.25) is 0 Å². The number of nitrogens with zero attached hydrogens (tertiary/aromatic N) is 1. The molecule has 3 atom stereocenters. The fraction of sp³-hybridized carbons (Fsp3) is 0.804. The summed E-state index contributed by atoms with van der Waals surface area (Å²) < 4.78 is 23.3. The number of carbonyl (C=O) groups is 1. The van der Waals surface area contributed by atoms with E-state index in [0.29, 0.717) is 17.4 Å². The summed E-state index contributed by atoms with van der Waals surface area (Å²) in [6, 6.07) is -0.912. The Bertz CT molecular complexity index is 1240. The van der Waals surface area contributed by atoms with E-state index < -0.39 is 26.6 Å². The third-order valence-electron chi connectivity index (χ3n) is 11.9. The molecule has 0 aliphatic heterocycles. The van der Waals surface area contributed by atoms with Crippen LogP contribution in [0.1, 0.15) is 239 Å². The molecule has 1 amide bonds. The number of aliphatic hydroxyl groups is 1. The Morgan fingerprint density at radius 2 is 0.908 bits per heavy atom. The van der Waals surface area contributed by atoms with Gasteiger partial charge in [-0.3, -0.25) is 9.36 Å². The molecule has 3 unspecified atom stereocenters. The quantitative estimate of drug-likeness (QED) is 0.0272. The molecule has 0 aliphatic carbocycles. The maximum Gasteiger partial charge on any atom is 0.268 e. The van der Waals surface area contributed by atoms with Crippen molar-refractivity contribution in [1.29, 1.82) is 0 Å². The number of unbranched alkanes of at least 4 members (excludes halogenated alkanes) is 28. The first-order chi connectivity index (χ1) is 31.5. The zero-order valence-electron chi connectivity index (χ0n) is 43.2. The Kier molecular flexibility index (Phi) is 46.0. The SMILES string of the molecule is CCCCCCC/C=C\C/C=C\CCCCCCCCCCCCCCCC(=O)NC(COP(=O)([O-])OCC[N+](C)(C)C)C(O)/C=C/CC/C=C/CC/C=C/CCCCCCCCCC. The van der Waals surface area contributed by atoms with E-state index >= 15 is 0 Å². The van der Waals surface area contributed by atoms with E-state index in [1.165, 1.54) is 167 Å². The molecule has 0 rings (SSSR count). The smallest absolute Gasteiger partial charge is 0.268 e. The molecule has 0 radical (unpaired) electrons. The molecule has 380 valence electrons. The van der Waals surface area contributed by atoms with Crippen LogP contribution in [0.25, 0.3) is 0 Å². The van der Waals surface area contributed by atoms with Gasteiger partial charge in [0.1, 0.15) is 13.2 Å². The first kappa shape index (κ1) is 63.2. The average molecular weight is 933 g/mol. The molecule has 0 aromatic rings. The van der Waals surface area contributed by atoms with Gasteiger partial charge in [0.25, 0.3) is 7.82 Å². The van der Waals surface area contributed by atoms with Gasteiger partial charge in [-0.1, -0.05) is 216 Å². The number of nitrogens with one attached hydrogen (secondary N) is 1. The van der Waals surface area contributed by atoms with Crippen molar-refractivity contribution in [3.05, 3.63) is 60.8 Å². The van der Waals surface area contributed by atoms with Crippen LogP contribution in [-0.4, -0.2) is 68.5 Å². The second kappa shape index (κ2) is 47.3. The molecule has 0 aromatic heterocycles. The van der Waals surface area contributed by atoms with Crippen LogP contribution in [0.5, 0.6) is 0 Å². The van der Waals surface area contributed by atoms with Crippen LogP contribution >= 0.6 is 7.82 Å². The van der Waals surface area contributed by atoms with Gasteiger partial charge in [0.2, 0.25) is 5.91 Å². The van der Waals surface area contributed by atoms with Crippen molar-refractivity contribution < 1.29 is 32.9 Å². The van der Waals surface area contributed by atoms with Gasteiger partial charge in [-0.25, -0.2) is 0 Å². The van der Waals surface area contributed by atoms with Crippen molar-refractivity contribution in [2.24, 2.45) is 0 Å². The molecule has 9 heteroatoms. The molecule has 2 N–H and O–H groups in total. The fourth-order valence-corrected chi connectivity index (χ4v) is 8.35. The monoisotopic (exact) mass is 933 g/mol. The van der Waals surface area contributed by atoms with Crippen LogP contribution in [-0.2, 0) is 18.4 Å². The maximum atomic E-state index is 12.9. The third-order valence-corrected chi connectivity index (χ3v) is 12.9. The highest BCUT2D eigenvalue weighted by Gasteiger charge is 2.23. The number of amides is 1. The van der Waals surface area contributed by atoms with Gasteiger partial charge in [-0.2, -0.15) is 0 Å². The molecular weight excluding hydrogens is 828 g/mol. The number of phosphoric ester groups is 1. The first-order valence-electron chi connectivity index (χ1n) is 27.2. The number of rotatable bonds is 49. The summed E-state index contributed by atoms with van der Waals surface area (Å²) in [7, 11) is 1.23. The molecule has 0 aliphatic rings. The molecule has 0 saturated carbocycles. The molecule has 0 saturated heterocycles. The number of phosphoric acid groups is 1. The van der Waals surface area contributed by atoms with Crippen molar-refractivity contribution >= 4 is 13.7 Å². The summed E-state index contributed by atoms with van der Waals surface area (Å²) in [5, 5.41) is 13.8. The van der Waals surface area contributed by atoms with Crippen LogP contribution in [0, 0.1) is 0 Å². The van der Waals surface area contributed by atoms with E-state index in [1.807, 2.05) is 27.2 Å². The van der Waals surface area contributed by atoms with E-state index in [1.54, 1.807) is 6.08 Å². The lowest BCUT2D eigenvalue weighted by molar-refractivity contribution is -0.870. The van der Waals surface area contributed by atoms with E-state index in [4.69, 9.17) is 9.05 Å². The van der Waals surface area contributed by atoms with E-state index in [9.17, 15) is 19.4 Å². The van der Waals surface area contributed by atoms with Gasteiger partial charge in [0, 0.05) is 6.42 Å². The second-order valence-electron chi connectivity index (χ2n) is 19.6. The van der Waals surface area contributed by atoms with E-state index in [0.717, 1.165) is 51.4 Å². The summed E-state index contributed by atoms with van der Waals surface area (Å²) in [6.45, 7) is 4.61. The molecule has 0 fully saturated rings. The third kappa shape index (κ3) is 49.9. The van der Waals surface area contributed by atoms with Crippen LogP contribution in [0.3, 0.4) is 0 Å². The van der Waals surface area contributed by atoms with Gasteiger partial charge in [-0.15, -0.1) is 0 Å². The number of quaternary nitrogens is 1. The Balaban J connectivity index is 4.29. The number of carbonyl (C=O) groups excluding carboxylic acids is 1. The minimum absolute atomic E-state index is 0.0105. The molecule has 0 bridgehead atoms. The fourth-order valence-electron chi connectivity index (χ4n) is 7.63. The molecule has 0 spiro atoms. The van der Waals surface area contributed by atoms with Crippen LogP contribution in [0.15, 0.2) is 60.8 Å². The molecule has 65 heavy (non-hydrogen) atoms. The van der Waals surface area contributed by atoms with E-state index in [2.05, 4.69) is 67.8 Å². The molecular formula is C56H105N2O6P. The second-order valence-corrected chi connectivity index (χ2v) is 21.0. The number of hydrogen-bond donors (Lipinski definition) is 2. The van der Waals surface area contributed by atoms with Crippen molar-refractivity contribution in [2.45, 2.75) is 251 Å². The highest BCUT2D eigenvalue weighted by molar-refractivity contribution is 7.45. The Hall–Kier alpha value is -1.80. The topological polar surface area (TPSA) is 108 Å². The largest absolute Gasteiger partial charge is 0.756 e. The summed E-state index contributed by atoms with van der Waals surface area (Å²) in [5.74, 6) is -0.213. The highest BCUT2D eigenvalue weighted by atomic mass is 31.2. The highest BCUT2D eigenvalue weighted by Crippen LogP contribution is 2.38. The predicted molar refractivity (Wildman–Crippen MR) is 279 cm³/mol. The average Bonchev–Trinajstić information content (AvgIpc) is 3.26. The molecule has 0 aromatic carbocycles. The lowest BCUT2D eigenvalue weighted by atomic mass is 10.0. The van der Waals surface area contributed by atoms with E-state index in [-0.39, 0.29) is 12.5 Å². The van der Waals surface area contributed by atoms with Gasteiger partial charge >= 0.3 is 0 Å². The van der Waals surface area contributed by atoms with Crippen molar-refractivity contribution in [3.63, 3.8) is 0 Å². The van der Waals surface area contributed by atoms with Crippen molar-refractivity contribution in [2.75, 3.05) is 40.9 Å². The lowest BCUT2D eigenvalue weighted by Crippen LogP contribution is -2.45. The zero-order valence-corrected chi connectivity index (χ0v) is 44.1. The zero-order chi connectivity index (χ0) is 47.8. The lowest BCUT2D eigenvalue weighted by Gasteiger charge is -2.29. The minimum Gasteiger partial charge on any atom is -0.756 e. The van der Waals surface area contributed by atoms with Gasteiger partial charge in [0.15, 0.2) is 0 Å². The number of hydrogen-bond acceptors (Lipinski definition) is 6. The van der Waals surface area contributed by atoms with Gasteiger partial charge in [0.05, 0.1) is 39.9 Å².